The normalized spacial score (nSPS) is 15.5. The van der Waals surface area contributed by atoms with Gasteiger partial charge in [-0.15, -0.1) is 0 Å². The van der Waals surface area contributed by atoms with Gasteiger partial charge >= 0.3 is 0 Å². The summed E-state index contributed by atoms with van der Waals surface area (Å²) in [6, 6.07) is 8.66. The van der Waals surface area contributed by atoms with Crippen molar-refractivity contribution < 1.29 is 8.42 Å². The van der Waals surface area contributed by atoms with E-state index in [2.05, 4.69) is 14.9 Å². The largest absolute Gasteiger partial charge is 0.356 e. The zero-order valence-corrected chi connectivity index (χ0v) is 16.4. The second kappa shape index (κ2) is 6.34. The van der Waals surface area contributed by atoms with E-state index in [4.69, 9.17) is 0 Å². The first-order chi connectivity index (χ1) is 13.6. The molecule has 0 saturated carbocycles. The van der Waals surface area contributed by atoms with Gasteiger partial charge in [-0.3, -0.25) is 4.40 Å². The van der Waals surface area contributed by atoms with Gasteiger partial charge < -0.3 is 4.90 Å². The number of fused-ring (bicyclic) bond motifs is 3. The highest BCUT2D eigenvalue weighted by Gasteiger charge is 2.23. The van der Waals surface area contributed by atoms with Crippen LogP contribution in [0.25, 0.3) is 16.8 Å². The fourth-order valence-corrected chi connectivity index (χ4v) is 5.17. The SMILES string of the molecule is Cc1ccc(S(=O)(=O)n2ccc3c2ncc2ncc(N4CCCCC4)n23)cc1. The van der Waals surface area contributed by atoms with Crippen molar-refractivity contribution in [3.8, 4) is 0 Å². The van der Waals surface area contributed by atoms with Crippen LogP contribution in [0.5, 0.6) is 0 Å². The van der Waals surface area contributed by atoms with Crippen molar-refractivity contribution in [3.63, 3.8) is 0 Å². The van der Waals surface area contributed by atoms with E-state index in [1.54, 1.807) is 42.7 Å². The van der Waals surface area contributed by atoms with Crippen LogP contribution < -0.4 is 4.90 Å². The second-order valence-corrected chi connectivity index (χ2v) is 9.07. The first kappa shape index (κ1) is 17.2. The first-order valence-corrected chi connectivity index (χ1v) is 10.9. The van der Waals surface area contributed by atoms with E-state index in [0.717, 1.165) is 48.5 Å². The maximum Gasteiger partial charge on any atom is 0.269 e. The van der Waals surface area contributed by atoms with Crippen molar-refractivity contribution in [1.82, 2.24) is 18.3 Å². The summed E-state index contributed by atoms with van der Waals surface area (Å²) in [5.74, 6) is 0.993. The maximum absolute atomic E-state index is 13.2. The lowest BCUT2D eigenvalue weighted by Gasteiger charge is -2.27. The van der Waals surface area contributed by atoms with Crippen LogP contribution in [0, 0.1) is 6.92 Å². The smallest absolute Gasteiger partial charge is 0.269 e. The standard InChI is InChI=1S/C20H21N5O2S/c1-15-5-7-16(8-6-15)28(26,27)24-12-9-17-20(24)22-13-18-21-14-19(25(17)18)23-10-3-2-4-11-23/h5-9,12-14H,2-4,10-11H2,1H3. The monoisotopic (exact) mass is 395 g/mol. The van der Waals surface area contributed by atoms with Crippen molar-refractivity contribution in [2.75, 3.05) is 18.0 Å². The number of aromatic nitrogens is 4. The Bertz CT molecular complexity index is 1270. The molecule has 144 valence electrons. The number of anilines is 1. The lowest BCUT2D eigenvalue weighted by atomic mass is 10.1. The molecular formula is C20H21N5O2S. The number of hydrogen-bond donors (Lipinski definition) is 0. The van der Waals surface area contributed by atoms with Gasteiger partial charge in [0.1, 0.15) is 5.82 Å². The summed E-state index contributed by atoms with van der Waals surface area (Å²) >= 11 is 0. The third-order valence-electron chi connectivity index (χ3n) is 5.38. The predicted molar refractivity (Wildman–Crippen MR) is 108 cm³/mol. The zero-order valence-electron chi connectivity index (χ0n) is 15.6. The molecule has 1 fully saturated rings. The van der Waals surface area contributed by atoms with E-state index >= 15 is 0 Å². The van der Waals surface area contributed by atoms with Crippen molar-refractivity contribution in [1.29, 1.82) is 0 Å². The highest BCUT2D eigenvalue weighted by Crippen LogP contribution is 2.27. The molecule has 0 unspecified atom stereocenters. The molecule has 4 heterocycles. The van der Waals surface area contributed by atoms with Crippen LogP contribution in [-0.4, -0.2) is 39.8 Å². The Kier molecular flexibility index (Phi) is 3.90. The second-order valence-electron chi connectivity index (χ2n) is 7.25. The molecule has 5 rings (SSSR count). The third-order valence-corrected chi connectivity index (χ3v) is 7.06. The predicted octanol–water partition coefficient (Wildman–Crippen LogP) is 3.22. The summed E-state index contributed by atoms with van der Waals surface area (Å²) in [5.41, 5.74) is 2.88. The van der Waals surface area contributed by atoms with Gasteiger partial charge in [-0.25, -0.2) is 22.4 Å². The Balaban J connectivity index is 1.69. The van der Waals surface area contributed by atoms with Gasteiger partial charge in [-0.2, -0.15) is 0 Å². The molecule has 0 radical (unpaired) electrons. The fourth-order valence-electron chi connectivity index (χ4n) is 3.87. The van der Waals surface area contributed by atoms with Gasteiger partial charge in [0.15, 0.2) is 11.3 Å². The molecule has 0 amide bonds. The molecule has 0 aliphatic carbocycles. The number of rotatable bonds is 3. The number of imidazole rings is 1. The molecule has 8 heteroatoms. The molecule has 1 saturated heterocycles. The van der Waals surface area contributed by atoms with Gasteiger partial charge in [0.25, 0.3) is 10.0 Å². The van der Waals surface area contributed by atoms with Crippen molar-refractivity contribution in [2.24, 2.45) is 0 Å². The fraction of sp³-hybridized carbons (Fsp3) is 0.300. The van der Waals surface area contributed by atoms with Gasteiger partial charge in [0, 0.05) is 19.3 Å². The Morgan fingerprint density at radius 2 is 1.68 bits per heavy atom. The van der Waals surface area contributed by atoms with E-state index in [1.807, 2.05) is 17.5 Å². The summed E-state index contributed by atoms with van der Waals surface area (Å²) in [5, 5.41) is 0. The van der Waals surface area contributed by atoms with Crippen LogP contribution in [0.4, 0.5) is 5.82 Å². The number of piperidine rings is 1. The summed E-state index contributed by atoms with van der Waals surface area (Å²) < 4.78 is 29.6. The number of benzene rings is 1. The van der Waals surface area contributed by atoms with Crippen molar-refractivity contribution in [2.45, 2.75) is 31.1 Å². The molecule has 3 aromatic heterocycles. The molecule has 1 aliphatic rings. The van der Waals surface area contributed by atoms with Crippen LogP contribution in [0.15, 0.2) is 53.8 Å². The van der Waals surface area contributed by atoms with Crippen LogP contribution in [0.1, 0.15) is 24.8 Å². The Hall–Kier alpha value is -2.87. The summed E-state index contributed by atoms with van der Waals surface area (Å²) in [4.78, 5) is 11.5. The molecule has 7 nitrogen and oxygen atoms in total. The maximum atomic E-state index is 13.2. The Labute approximate surface area is 163 Å². The van der Waals surface area contributed by atoms with E-state index < -0.39 is 10.0 Å². The van der Waals surface area contributed by atoms with E-state index in [9.17, 15) is 8.42 Å². The average molecular weight is 395 g/mol. The molecule has 1 aromatic carbocycles. The highest BCUT2D eigenvalue weighted by atomic mass is 32.2. The lowest BCUT2D eigenvalue weighted by Crippen LogP contribution is -2.30. The molecule has 0 spiro atoms. The van der Waals surface area contributed by atoms with E-state index in [1.165, 1.54) is 10.4 Å². The summed E-state index contributed by atoms with van der Waals surface area (Å²) in [6.45, 7) is 3.90. The van der Waals surface area contributed by atoms with E-state index in [-0.39, 0.29) is 4.90 Å². The number of nitrogens with zero attached hydrogens (tertiary/aromatic N) is 5. The molecule has 4 aromatic rings. The minimum Gasteiger partial charge on any atom is -0.356 e. The molecular weight excluding hydrogens is 374 g/mol. The first-order valence-electron chi connectivity index (χ1n) is 9.46. The van der Waals surface area contributed by atoms with Crippen molar-refractivity contribution >= 4 is 32.7 Å². The number of aryl methyl sites for hydroxylation is 1. The summed E-state index contributed by atoms with van der Waals surface area (Å²) in [7, 11) is -3.72. The van der Waals surface area contributed by atoms with Gasteiger partial charge in [0.2, 0.25) is 0 Å². The molecule has 28 heavy (non-hydrogen) atoms. The highest BCUT2D eigenvalue weighted by molar-refractivity contribution is 7.90. The van der Waals surface area contributed by atoms with E-state index in [0.29, 0.717) is 5.65 Å². The average Bonchev–Trinajstić information content (AvgIpc) is 3.33. The third kappa shape index (κ3) is 2.59. The topological polar surface area (TPSA) is 72.5 Å². The van der Waals surface area contributed by atoms with Crippen LogP contribution in [0.2, 0.25) is 0 Å². The lowest BCUT2D eigenvalue weighted by molar-refractivity contribution is 0.573. The quantitative estimate of drug-likeness (QED) is 0.533. The zero-order chi connectivity index (χ0) is 19.3. The Morgan fingerprint density at radius 3 is 2.43 bits per heavy atom. The minimum atomic E-state index is -3.72. The van der Waals surface area contributed by atoms with Gasteiger partial charge in [-0.05, 0) is 44.4 Å². The minimum absolute atomic E-state index is 0.249. The summed E-state index contributed by atoms with van der Waals surface area (Å²) in [6.07, 6.45) is 8.63. The molecule has 0 N–H and O–H groups in total. The van der Waals surface area contributed by atoms with Crippen LogP contribution in [-0.2, 0) is 10.0 Å². The Morgan fingerprint density at radius 1 is 0.929 bits per heavy atom. The van der Waals surface area contributed by atoms with Gasteiger partial charge in [0.05, 0.1) is 22.8 Å². The number of hydrogen-bond acceptors (Lipinski definition) is 5. The van der Waals surface area contributed by atoms with Crippen molar-refractivity contribution in [3.05, 3.63) is 54.5 Å². The molecule has 0 atom stereocenters. The van der Waals surface area contributed by atoms with Crippen LogP contribution >= 0.6 is 0 Å². The molecule has 0 bridgehead atoms. The van der Waals surface area contributed by atoms with Crippen LogP contribution in [0.3, 0.4) is 0 Å². The molecule has 1 aliphatic heterocycles. The van der Waals surface area contributed by atoms with Gasteiger partial charge in [-0.1, -0.05) is 17.7 Å².